The van der Waals surface area contributed by atoms with Gasteiger partial charge in [0.15, 0.2) is 0 Å². The van der Waals surface area contributed by atoms with Gasteiger partial charge in [0.05, 0.1) is 6.61 Å². The van der Waals surface area contributed by atoms with E-state index in [2.05, 4.69) is 0 Å². The largest absolute Gasteiger partial charge is 0.463 e. The van der Waals surface area contributed by atoms with Gasteiger partial charge in [-0.15, -0.1) is 0 Å². The Morgan fingerprint density at radius 3 is 2.81 bits per heavy atom. The number of carbonyl (C=O) groups excluding carboxylic acids is 2. The SMILES string of the molecule is CCOC(=O)C=C(C)c1cccc(C=O)c1. The van der Waals surface area contributed by atoms with Crippen LogP contribution in [0.25, 0.3) is 5.57 Å². The van der Waals surface area contributed by atoms with Gasteiger partial charge in [0.2, 0.25) is 0 Å². The molecule has 1 aromatic carbocycles. The van der Waals surface area contributed by atoms with E-state index < -0.39 is 0 Å². The Labute approximate surface area is 94.7 Å². The standard InChI is InChI=1S/C13H14O3/c1-3-16-13(15)7-10(2)12-6-4-5-11(8-12)9-14/h4-9H,3H2,1-2H3. The molecule has 0 aliphatic carbocycles. The van der Waals surface area contributed by atoms with Gasteiger partial charge in [0.1, 0.15) is 6.29 Å². The van der Waals surface area contributed by atoms with Gasteiger partial charge >= 0.3 is 5.97 Å². The third-order valence-corrected chi connectivity index (χ3v) is 2.10. The number of hydrogen-bond acceptors (Lipinski definition) is 3. The van der Waals surface area contributed by atoms with Crippen molar-refractivity contribution in [1.29, 1.82) is 0 Å². The summed E-state index contributed by atoms with van der Waals surface area (Å²) in [6, 6.07) is 7.08. The summed E-state index contributed by atoms with van der Waals surface area (Å²) in [5.74, 6) is -0.364. The fourth-order valence-electron chi connectivity index (χ4n) is 1.30. The molecule has 0 amide bonds. The minimum Gasteiger partial charge on any atom is -0.463 e. The number of ether oxygens (including phenoxy) is 1. The average Bonchev–Trinajstić information content (AvgIpc) is 2.29. The van der Waals surface area contributed by atoms with Crippen molar-refractivity contribution < 1.29 is 14.3 Å². The zero-order valence-electron chi connectivity index (χ0n) is 9.40. The van der Waals surface area contributed by atoms with Crippen molar-refractivity contribution in [2.75, 3.05) is 6.61 Å². The monoisotopic (exact) mass is 218 g/mol. The van der Waals surface area contributed by atoms with Crippen LogP contribution in [-0.2, 0) is 9.53 Å². The first-order valence-electron chi connectivity index (χ1n) is 5.08. The zero-order valence-corrected chi connectivity index (χ0v) is 9.40. The second-order valence-corrected chi connectivity index (χ2v) is 3.32. The normalized spacial score (nSPS) is 11.0. The van der Waals surface area contributed by atoms with E-state index >= 15 is 0 Å². The number of esters is 1. The first-order chi connectivity index (χ1) is 7.67. The Balaban J connectivity index is 2.90. The van der Waals surface area contributed by atoms with Crippen LogP contribution in [-0.4, -0.2) is 18.9 Å². The molecule has 3 heteroatoms. The summed E-state index contributed by atoms with van der Waals surface area (Å²) in [6.07, 6.45) is 2.20. The lowest BCUT2D eigenvalue weighted by atomic mass is 10.0. The molecule has 0 unspecified atom stereocenters. The van der Waals surface area contributed by atoms with Crippen molar-refractivity contribution >= 4 is 17.8 Å². The van der Waals surface area contributed by atoms with Crippen LogP contribution in [0.1, 0.15) is 29.8 Å². The first-order valence-corrected chi connectivity index (χ1v) is 5.08. The molecule has 0 bridgehead atoms. The Hall–Kier alpha value is -1.90. The number of allylic oxidation sites excluding steroid dienone is 1. The van der Waals surface area contributed by atoms with Crippen molar-refractivity contribution in [1.82, 2.24) is 0 Å². The second kappa shape index (κ2) is 5.85. The minimum absolute atomic E-state index is 0.358. The van der Waals surface area contributed by atoms with Crippen LogP contribution in [0.5, 0.6) is 0 Å². The molecule has 1 rings (SSSR count). The molecule has 0 heterocycles. The summed E-state index contributed by atoms with van der Waals surface area (Å²) in [7, 11) is 0. The molecule has 0 fully saturated rings. The zero-order chi connectivity index (χ0) is 12.0. The van der Waals surface area contributed by atoms with E-state index in [1.54, 1.807) is 32.0 Å². The topological polar surface area (TPSA) is 43.4 Å². The number of benzene rings is 1. The highest BCUT2D eigenvalue weighted by Crippen LogP contribution is 2.14. The Kier molecular flexibility index (Phi) is 4.45. The number of aldehydes is 1. The smallest absolute Gasteiger partial charge is 0.331 e. The molecule has 0 N–H and O–H groups in total. The lowest BCUT2D eigenvalue weighted by molar-refractivity contribution is -0.137. The van der Waals surface area contributed by atoms with Crippen molar-refractivity contribution in [3.05, 3.63) is 41.5 Å². The maximum absolute atomic E-state index is 11.2. The molecular formula is C13H14O3. The summed E-state index contributed by atoms with van der Waals surface area (Å²) in [4.78, 5) is 21.8. The number of carbonyl (C=O) groups is 2. The van der Waals surface area contributed by atoms with Crippen LogP contribution in [0.4, 0.5) is 0 Å². The molecule has 0 aliphatic heterocycles. The molecular weight excluding hydrogens is 204 g/mol. The Morgan fingerprint density at radius 1 is 1.44 bits per heavy atom. The van der Waals surface area contributed by atoms with E-state index in [9.17, 15) is 9.59 Å². The van der Waals surface area contributed by atoms with Crippen molar-refractivity contribution in [2.24, 2.45) is 0 Å². The summed E-state index contributed by atoms with van der Waals surface area (Å²) in [5, 5.41) is 0. The van der Waals surface area contributed by atoms with E-state index in [1.165, 1.54) is 6.08 Å². The molecule has 0 aliphatic rings. The van der Waals surface area contributed by atoms with E-state index in [4.69, 9.17) is 4.74 Å². The number of hydrogen-bond donors (Lipinski definition) is 0. The van der Waals surface area contributed by atoms with Crippen LogP contribution in [0.15, 0.2) is 30.3 Å². The van der Waals surface area contributed by atoms with E-state index in [0.29, 0.717) is 12.2 Å². The van der Waals surface area contributed by atoms with Crippen LogP contribution >= 0.6 is 0 Å². The first kappa shape index (κ1) is 12.2. The molecule has 0 aromatic heterocycles. The van der Waals surface area contributed by atoms with E-state index in [0.717, 1.165) is 17.4 Å². The predicted molar refractivity (Wildman–Crippen MR) is 62.1 cm³/mol. The molecule has 16 heavy (non-hydrogen) atoms. The molecule has 0 spiro atoms. The maximum atomic E-state index is 11.2. The Bertz CT molecular complexity index is 419. The highest BCUT2D eigenvalue weighted by molar-refractivity contribution is 5.91. The molecule has 84 valence electrons. The minimum atomic E-state index is -0.364. The van der Waals surface area contributed by atoms with Gasteiger partial charge in [-0.05, 0) is 31.1 Å². The van der Waals surface area contributed by atoms with Gasteiger partial charge in [-0.25, -0.2) is 4.79 Å². The van der Waals surface area contributed by atoms with Crippen molar-refractivity contribution in [2.45, 2.75) is 13.8 Å². The van der Waals surface area contributed by atoms with E-state index in [1.807, 2.05) is 6.07 Å². The highest BCUT2D eigenvalue weighted by atomic mass is 16.5. The molecule has 0 saturated carbocycles. The van der Waals surface area contributed by atoms with Crippen LogP contribution in [0, 0.1) is 0 Å². The van der Waals surface area contributed by atoms with Crippen molar-refractivity contribution in [3.63, 3.8) is 0 Å². The third-order valence-electron chi connectivity index (χ3n) is 2.10. The third kappa shape index (κ3) is 3.35. The Morgan fingerprint density at radius 2 is 2.19 bits per heavy atom. The second-order valence-electron chi connectivity index (χ2n) is 3.32. The molecule has 1 aromatic rings. The average molecular weight is 218 g/mol. The lowest BCUT2D eigenvalue weighted by Gasteiger charge is -2.02. The predicted octanol–water partition coefficient (Wildman–Crippen LogP) is 2.47. The van der Waals surface area contributed by atoms with Gasteiger partial charge in [0, 0.05) is 11.6 Å². The maximum Gasteiger partial charge on any atom is 0.331 e. The fraction of sp³-hybridized carbons (Fsp3) is 0.231. The van der Waals surface area contributed by atoms with Gasteiger partial charge in [-0.2, -0.15) is 0 Å². The van der Waals surface area contributed by atoms with Gasteiger partial charge < -0.3 is 4.74 Å². The molecule has 0 radical (unpaired) electrons. The van der Waals surface area contributed by atoms with Gasteiger partial charge in [-0.3, -0.25) is 4.79 Å². The summed E-state index contributed by atoms with van der Waals surface area (Å²) in [6.45, 7) is 3.92. The van der Waals surface area contributed by atoms with Crippen LogP contribution in [0.2, 0.25) is 0 Å². The van der Waals surface area contributed by atoms with Crippen LogP contribution < -0.4 is 0 Å². The molecule has 0 atom stereocenters. The molecule has 3 nitrogen and oxygen atoms in total. The number of rotatable bonds is 4. The van der Waals surface area contributed by atoms with Crippen LogP contribution in [0.3, 0.4) is 0 Å². The fourth-order valence-corrected chi connectivity index (χ4v) is 1.30. The van der Waals surface area contributed by atoms with E-state index in [-0.39, 0.29) is 5.97 Å². The quantitative estimate of drug-likeness (QED) is 0.443. The summed E-state index contributed by atoms with van der Waals surface area (Å²) in [5.41, 5.74) is 2.22. The summed E-state index contributed by atoms with van der Waals surface area (Å²) >= 11 is 0. The summed E-state index contributed by atoms with van der Waals surface area (Å²) < 4.78 is 4.81. The van der Waals surface area contributed by atoms with Gasteiger partial charge in [-0.1, -0.05) is 18.2 Å². The highest BCUT2D eigenvalue weighted by Gasteiger charge is 2.01. The lowest BCUT2D eigenvalue weighted by Crippen LogP contribution is -2.00. The molecule has 0 saturated heterocycles. The van der Waals surface area contributed by atoms with Gasteiger partial charge in [0.25, 0.3) is 0 Å². The van der Waals surface area contributed by atoms with Crippen molar-refractivity contribution in [3.8, 4) is 0 Å².